The summed E-state index contributed by atoms with van der Waals surface area (Å²) >= 11 is 0. The fraction of sp³-hybridized carbons (Fsp3) is 0.682. The molecule has 0 saturated carbocycles. The maximum Gasteiger partial charge on any atom is 0.309 e. The second-order valence-corrected chi connectivity index (χ2v) is 8.00. The SMILES string of the molecule is CCNC(=NCc1ccnc(N2CCN(C)CC2)c1)N1CCC(C(=O)OCC)CC1.I. The lowest BCUT2D eigenvalue weighted by atomic mass is 9.97. The molecule has 2 fully saturated rings. The van der Waals surface area contributed by atoms with Crippen molar-refractivity contribution in [1.82, 2.24) is 20.1 Å². The van der Waals surface area contributed by atoms with Crippen molar-refractivity contribution in [2.24, 2.45) is 10.9 Å². The molecule has 8 nitrogen and oxygen atoms in total. The first-order valence-corrected chi connectivity index (χ1v) is 11.2. The van der Waals surface area contributed by atoms with E-state index >= 15 is 0 Å². The van der Waals surface area contributed by atoms with Crippen LogP contribution in [-0.2, 0) is 16.1 Å². The van der Waals surface area contributed by atoms with Gasteiger partial charge in [0.1, 0.15) is 5.82 Å². The molecule has 1 aromatic heterocycles. The van der Waals surface area contributed by atoms with Gasteiger partial charge in [-0.25, -0.2) is 9.98 Å². The van der Waals surface area contributed by atoms with Gasteiger partial charge in [0.2, 0.25) is 0 Å². The zero-order chi connectivity index (χ0) is 21.3. The number of nitrogens with zero attached hydrogens (tertiary/aromatic N) is 5. The largest absolute Gasteiger partial charge is 0.466 e. The van der Waals surface area contributed by atoms with Crippen LogP contribution in [0.25, 0.3) is 0 Å². The van der Waals surface area contributed by atoms with Crippen LogP contribution in [0.2, 0.25) is 0 Å². The molecule has 0 radical (unpaired) electrons. The predicted molar refractivity (Wildman–Crippen MR) is 135 cm³/mol. The highest BCUT2D eigenvalue weighted by Gasteiger charge is 2.27. The van der Waals surface area contributed by atoms with E-state index in [0.717, 1.165) is 76.0 Å². The number of piperidine rings is 1. The Kier molecular flexibility index (Phi) is 10.8. The number of aromatic nitrogens is 1. The molecule has 0 aromatic carbocycles. The Morgan fingerprint density at radius 1 is 1.19 bits per heavy atom. The second kappa shape index (κ2) is 13.0. The van der Waals surface area contributed by atoms with Crippen molar-refractivity contribution in [2.45, 2.75) is 33.2 Å². The average Bonchev–Trinajstić information content (AvgIpc) is 2.77. The minimum atomic E-state index is -0.0627. The highest BCUT2D eigenvalue weighted by Crippen LogP contribution is 2.19. The van der Waals surface area contributed by atoms with Crippen LogP contribution in [0.1, 0.15) is 32.3 Å². The van der Waals surface area contributed by atoms with Crippen LogP contribution in [0.4, 0.5) is 5.82 Å². The zero-order valence-electron chi connectivity index (χ0n) is 19.0. The van der Waals surface area contributed by atoms with E-state index in [1.54, 1.807) is 0 Å². The third kappa shape index (κ3) is 7.48. The molecular weight excluding hydrogens is 507 g/mol. The summed E-state index contributed by atoms with van der Waals surface area (Å²) in [7, 11) is 2.16. The minimum absolute atomic E-state index is 0. The Balaban J connectivity index is 0.00000341. The zero-order valence-corrected chi connectivity index (χ0v) is 21.4. The van der Waals surface area contributed by atoms with E-state index in [2.05, 4.69) is 45.0 Å². The van der Waals surface area contributed by atoms with Crippen molar-refractivity contribution in [2.75, 3.05) is 64.4 Å². The lowest BCUT2D eigenvalue weighted by molar-refractivity contribution is -0.149. The molecule has 1 N–H and O–H groups in total. The number of hydrogen-bond acceptors (Lipinski definition) is 6. The average molecular weight is 544 g/mol. The first-order chi connectivity index (χ1) is 14.6. The molecule has 0 amide bonds. The number of hydrogen-bond donors (Lipinski definition) is 1. The normalized spacial score (nSPS) is 18.5. The van der Waals surface area contributed by atoms with E-state index in [-0.39, 0.29) is 35.9 Å². The molecule has 174 valence electrons. The Bertz CT molecular complexity index is 716. The van der Waals surface area contributed by atoms with Gasteiger partial charge in [-0.2, -0.15) is 0 Å². The highest BCUT2D eigenvalue weighted by atomic mass is 127. The van der Waals surface area contributed by atoms with Crippen molar-refractivity contribution in [3.8, 4) is 0 Å². The monoisotopic (exact) mass is 544 g/mol. The van der Waals surface area contributed by atoms with Gasteiger partial charge in [-0.3, -0.25) is 4.79 Å². The lowest BCUT2D eigenvalue weighted by Gasteiger charge is -2.33. The van der Waals surface area contributed by atoms with Crippen molar-refractivity contribution in [1.29, 1.82) is 0 Å². The number of pyridine rings is 1. The maximum atomic E-state index is 12.0. The molecule has 31 heavy (non-hydrogen) atoms. The van der Waals surface area contributed by atoms with Crippen molar-refractivity contribution >= 4 is 41.7 Å². The van der Waals surface area contributed by atoms with Crippen molar-refractivity contribution in [3.05, 3.63) is 23.9 Å². The van der Waals surface area contributed by atoms with E-state index in [1.807, 2.05) is 19.2 Å². The molecule has 9 heteroatoms. The number of likely N-dealkylation sites (N-methyl/N-ethyl adjacent to an activating group) is 1. The van der Waals surface area contributed by atoms with E-state index in [1.165, 1.54) is 0 Å². The molecule has 0 unspecified atom stereocenters. The Morgan fingerprint density at radius 2 is 1.90 bits per heavy atom. The minimum Gasteiger partial charge on any atom is -0.466 e. The maximum absolute atomic E-state index is 12.0. The van der Waals surface area contributed by atoms with Gasteiger partial charge in [-0.05, 0) is 51.4 Å². The summed E-state index contributed by atoms with van der Waals surface area (Å²) < 4.78 is 5.18. The van der Waals surface area contributed by atoms with E-state index in [9.17, 15) is 4.79 Å². The second-order valence-electron chi connectivity index (χ2n) is 8.00. The quantitative estimate of drug-likeness (QED) is 0.255. The van der Waals surface area contributed by atoms with Gasteiger partial charge in [0.15, 0.2) is 5.96 Å². The molecule has 0 aliphatic carbocycles. The van der Waals surface area contributed by atoms with E-state index in [0.29, 0.717) is 13.2 Å². The smallest absolute Gasteiger partial charge is 0.309 e. The summed E-state index contributed by atoms with van der Waals surface area (Å²) in [5.74, 6) is 1.90. The number of anilines is 1. The number of esters is 1. The van der Waals surface area contributed by atoms with Gasteiger partial charge < -0.3 is 24.8 Å². The van der Waals surface area contributed by atoms with Crippen LogP contribution in [0.5, 0.6) is 0 Å². The summed E-state index contributed by atoms with van der Waals surface area (Å²) in [5, 5.41) is 3.40. The summed E-state index contributed by atoms with van der Waals surface area (Å²) in [4.78, 5) is 28.4. The number of guanidine groups is 1. The number of halogens is 1. The number of ether oxygens (including phenoxy) is 1. The number of piperazine rings is 1. The van der Waals surface area contributed by atoms with Gasteiger partial charge in [-0.1, -0.05) is 0 Å². The molecule has 0 bridgehead atoms. The molecule has 0 atom stereocenters. The number of carbonyl (C=O) groups excluding carboxylic acids is 1. The number of nitrogens with one attached hydrogen (secondary N) is 1. The summed E-state index contributed by atoms with van der Waals surface area (Å²) in [6.45, 7) is 11.6. The molecule has 2 aliphatic heterocycles. The van der Waals surface area contributed by atoms with Crippen LogP contribution in [0, 0.1) is 5.92 Å². The van der Waals surface area contributed by atoms with Crippen LogP contribution in [0.15, 0.2) is 23.3 Å². The molecule has 2 saturated heterocycles. The lowest BCUT2D eigenvalue weighted by Crippen LogP contribution is -2.46. The third-order valence-corrected chi connectivity index (χ3v) is 5.80. The first-order valence-electron chi connectivity index (χ1n) is 11.2. The van der Waals surface area contributed by atoms with Crippen LogP contribution < -0.4 is 10.2 Å². The topological polar surface area (TPSA) is 73.3 Å². The fourth-order valence-corrected chi connectivity index (χ4v) is 3.95. The summed E-state index contributed by atoms with van der Waals surface area (Å²) in [5.41, 5.74) is 1.16. The van der Waals surface area contributed by atoms with E-state index < -0.39 is 0 Å². The molecule has 3 heterocycles. The first kappa shape index (κ1) is 25.6. The molecular formula is C22H37IN6O2. The number of aliphatic imine (C=N–C) groups is 1. The van der Waals surface area contributed by atoms with Crippen LogP contribution in [0.3, 0.4) is 0 Å². The third-order valence-electron chi connectivity index (χ3n) is 5.80. The molecule has 2 aliphatic rings. The Morgan fingerprint density at radius 3 is 2.55 bits per heavy atom. The Hall–Kier alpha value is -1.62. The summed E-state index contributed by atoms with van der Waals surface area (Å²) in [6.07, 6.45) is 3.51. The van der Waals surface area contributed by atoms with Gasteiger partial charge >= 0.3 is 5.97 Å². The Labute approximate surface area is 203 Å². The highest BCUT2D eigenvalue weighted by molar-refractivity contribution is 14.0. The van der Waals surface area contributed by atoms with E-state index in [4.69, 9.17) is 9.73 Å². The van der Waals surface area contributed by atoms with Gasteiger partial charge in [0.25, 0.3) is 0 Å². The number of likely N-dealkylation sites (tertiary alicyclic amines) is 1. The fourth-order valence-electron chi connectivity index (χ4n) is 3.95. The van der Waals surface area contributed by atoms with Gasteiger partial charge in [0.05, 0.1) is 19.1 Å². The predicted octanol–water partition coefficient (Wildman–Crippen LogP) is 2.19. The van der Waals surface area contributed by atoms with Crippen molar-refractivity contribution < 1.29 is 9.53 Å². The van der Waals surface area contributed by atoms with Crippen LogP contribution >= 0.6 is 24.0 Å². The molecule has 1 aromatic rings. The standard InChI is InChI=1S/C22H36N6O2.HI/c1-4-23-22(28-10-7-19(8-11-28)21(29)30-5-2)25-17-18-6-9-24-20(16-18)27-14-12-26(3)13-15-27;/h6,9,16,19H,4-5,7-8,10-15,17H2,1-3H3,(H,23,25);1H. The molecule has 0 spiro atoms. The van der Waals surface area contributed by atoms with Crippen LogP contribution in [-0.4, -0.2) is 86.2 Å². The number of rotatable bonds is 6. The van der Waals surface area contributed by atoms with Gasteiger partial charge in [0, 0.05) is 52.0 Å². The molecule has 3 rings (SSSR count). The summed E-state index contributed by atoms with van der Waals surface area (Å²) in [6, 6.07) is 4.20. The number of carbonyl (C=O) groups is 1. The van der Waals surface area contributed by atoms with Crippen molar-refractivity contribution in [3.63, 3.8) is 0 Å². The van der Waals surface area contributed by atoms with Gasteiger partial charge in [-0.15, -0.1) is 24.0 Å².